The van der Waals surface area contributed by atoms with Crippen molar-refractivity contribution in [2.45, 2.75) is 13.0 Å². The third-order valence-corrected chi connectivity index (χ3v) is 2.15. The molecule has 1 heterocycles. The van der Waals surface area contributed by atoms with Crippen molar-refractivity contribution in [3.8, 4) is 0 Å². The lowest BCUT2D eigenvalue weighted by atomic mass is 10.0. The van der Waals surface area contributed by atoms with E-state index >= 15 is 0 Å². The van der Waals surface area contributed by atoms with Gasteiger partial charge in [-0.15, -0.1) is 0 Å². The summed E-state index contributed by atoms with van der Waals surface area (Å²) in [5.74, 6) is -0.336. The zero-order chi connectivity index (χ0) is 10.1. The molecule has 0 bridgehead atoms. The Hall–Kier alpha value is -1.84. The third kappa shape index (κ3) is 1.35. The Morgan fingerprint density at radius 3 is 2.71 bits per heavy atom. The second-order valence-corrected chi connectivity index (χ2v) is 3.14. The highest BCUT2D eigenvalue weighted by Gasteiger charge is 2.30. The molecule has 1 aliphatic rings. The van der Waals surface area contributed by atoms with Gasteiger partial charge in [-0.05, 0) is 12.5 Å². The number of hydrogen-bond acceptors (Lipinski definition) is 3. The van der Waals surface area contributed by atoms with E-state index in [1.54, 1.807) is 0 Å². The van der Waals surface area contributed by atoms with Crippen LogP contribution < -0.4 is 5.73 Å². The highest BCUT2D eigenvalue weighted by Crippen LogP contribution is 2.25. The summed E-state index contributed by atoms with van der Waals surface area (Å²) in [6.07, 6.45) is -0.656. The van der Waals surface area contributed by atoms with Crippen LogP contribution in [0.25, 0.3) is 0 Å². The number of nitrogens with two attached hydrogens (primary N) is 1. The lowest BCUT2D eigenvalue weighted by molar-refractivity contribution is -0.122. The van der Waals surface area contributed by atoms with Crippen LogP contribution in [0.1, 0.15) is 17.2 Å². The van der Waals surface area contributed by atoms with Gasteiger partial charge in [-0.3, -0.25) is 4.79 Å². The Kier molecular flexibility index (Phi) is 1.96. The van der Waals surface area contributed by atoms with Crippen molar-refractivity contribution in [2.24, 2.45) is 10.7 Å². The van der Waals surface area contributed by atoms with Crippen molar-refractivity contribution in [3.05, 3.63) is 35.4 Å². The second-order valence-electron chi connectivity index (χ2n) is 3.14. The SMILES string of the molecule is Cc1ccccc1C1OC(N)=NC1=O. The fourth-order valence-corrected chi connectivity index (χ4v) is 1.44. The van der Waals surface area contributed by atoms with E-state index in [4.69, 9.17) is 10.5 Å². The molecule has 4 nitrogen and oxygen atoms in total. The first-order valence-corrected chi connectivity index (χ1v) is 4.28. The summed E-state index contributed by atoms with van der Waals surface area (Å²) in [6.45, 7) is 1.92. The molecule has 2 rings (SSSR count). The minimum atomic E-state index is -0.656. The summed E-state index contributed by atoms with van der Waals surface area (Å²) < 4.78 is 5.12. The summed E-state index contributed by atoms with van der Waals surface area (Å²) >= 11 is 0. The van der Waals surface area contributed by atoms with E-state index in [-0.39, 0.29) is 11.9 Å². The normalized spacial score (nSPS) is 20.5. The van der Waals surface area contributed by atoms with Crippen LogP contribution in [-0.4, -0.2) is 11.9 Å². The van der Waals surface area contributed by atoms with E-state index < -0.39 is 6.10 Å². The topological polar surface area (TPSA) is 64.7 Å². The van der Waals surface area contributed by atoms with Gasteiger partial charge in [-0.2, -0.15) is 4.99 Å². The molecule has 0 saturated carbocycles. The first-order chi connectivity index (χ1) is 6.68. The summed E-state index contributed by atoms with van der Waals surface area (Å²) in [7, 11) is 0. The molecule has 0 radical (unpaired) electrons. The number of nitrogens with zero attached hydrogens (tertiary/aromatic N) is 1. The number of amidine groups is 1. The Labute approximate surface area is 81.4 Å². The summed E-state index contributed by atoms with van der Waals surface area (Å²) in [5.41, 5.74) is 7.13. The monoisotopic (exact) mass is 190 g/mol. The van der Waals surface area contributed by atoms with E-state index in [1.807, 2.05) is 31.2 Å². The van der Waals surface area contributed by atoms with Crippen LogP contribution in [0.15, 0.2) is 29.3 Å². The molecule has 14 heavy (non-hydrogen) atoms. The molecule has 0 fully saturated rings. The number of aryl methyl sites for hydroxylation is 1. The summed E-state index contributed by atoms with van der Waals surface area (Å²) in [6, 6.07) is 7.46. The minimum Gasteiger partial charge on any atom is -0.447 e. The van der Waals surface area contributed by atoms with Gasteiger partial charge in [0.15, 0.2) is 0 Å². The molecular formula is C10H10N2O2. The first kappa shape index (κ1) is 8.74. The standard InChI is InChI=1S/C10H10N2O2/c1-6-4-2-3-5-7(6)8-9(13)12-10(11)14-8/h2-5,8H,1H3,(H2,11,12,13). The zero-order valence-electron chi connectivity index (χ0n) is 7.73. The van der Waals surface area contributed by atoms with Gasteiger partial charge in [0.05, 0.1) is 0 Å². The fraction of sp³-hybridized carbons (Fsp3) is 0.200. The van der Waals surface area contributed by atoms with Gasteiger partial charge < -0.3 is 10.5 Å². The predicted octanol–water partition coefficient (Wildman–Crippen LogP) is 0.908. The van der Waals surface area contributed by atoms with Gasteiger partial charge in [-0.25, -0.2) is 0 Å². The Balaban J connectivity index is 2.35. The summed E-state index contributed by atoms with van der Waals surface area (Å²) in [4.78, 5) is 14.9. The van der Waals surface area contributed by atoms with Gasteiger partial charge in [0.2, 0.25) is 6.10 Å². The molecule has 1 amide bonds. The first-order valence-electron chi connectivity index (χ1n) is 4.28. The van der Waals surface area contributed by atoms with Gasteiger partial charge in [0.25, 0.3) is 11.9 Å². The molecule has 0 spiro atoms. The summed E-state index contributed by atoms with van der Waals surface area (Å²) in [5, 5.41) is 0. The van der Waals surface area contributed by atoms with Crippen LogP contribution in [0.3, 0.4) is 0 Å². The number of rotatable bonds is 1. The quantitative estimate of drug-likeness (QED) is 0.715. The number of aliphatic imine (C=N–C) groups is 1. The number of carbonyl (C=O) groups excluding carboxylic acids is 1. The van der Waals surface area contributed by atoms with E-state index in [1.165, 1.54) is 0 Å². The number of amides is 1. The van der Waals surface area contributed by atoms with Gasteiger partial charge in [0.1, 0.15) is 0 Å². The maximum absolute atomic E-state index is 11.3. The molecule has 1 aliphatic heterocycles. The van der Waals surface area contributed by atoms with Crippen molar-refractivity contribution >= 4 is 11.9 Å². The van der Waals surface area contributed by atoms with Crippen LogP contribution in [0.5, 0.6) is 0 Å². The van der Waals surface area contributed by atoms with E-state index in [0.29, 0.717) is 0 Å². The molecule has 2 N–H and O–H groups in total. The number of hydrogen-bond donors (Lipinski definition) is 1. The van der Waals surface area contributed by atoms with Gasteiger partial charge in [-0.1, -0.05) is 24.3 Å². The molecule has 0 aromatic heterocycles. The second kappa shape index (κ2) is 3.14. The smallest absolute Gasteiger partial charge is 0.296 e. The molecular weight excluding hydrogens is 180 g/mol. The average Bonchev–Trinajstić information content (AvgIpc) is 2.46. The molecule has 0 saturated heterocycles. The van der Waals surface area contributed by atoms with Crippen LogP contribution >= 0.6 is 0 Å². The lowest BCUT2D eigenvalue weighted by Gasteiger charge is -2.10. The largest absolute Gasteiger partial charge is 0.447 e. The highest BCUT2D eigenvalue weighted by molar-refractivity contribution is 5.98. The predicted molar refractivity (Wildman–Crippen MR) is 51.6 cm³/mol. The Morgan fingerprint density at radius 1 is 1.43 bits per heavy atom. The maximum atomic E-state index is 11.3. The van der Waals surface area contributed by atoms with Crippen LogP contribution in [0.2, 0.25) is 0 Å². The van der Waals surface area contributed by atoms with E-state index in [0.717, 1.165) is 11.1 Å². The van der Waals surface area contributed by atoms with Gasteiger partial charge in [0, 0.05) is 5.56 Å². The number of ether oxygens (including phenoxy) is 1. The van der Waals surface area contributed by atoms with Crippen LogP contribution in [-0.2, 0) is 9.53 Å². The Bertz CT molecular complexity index is 412. The highest BCUT2D eigenvalue weighted by atomic mass is 16.5. The van der Waals surface area contributed by atoms with Crippen LogP contribution in [0.4, 0.5) is 0 Å². The third-order valence-electron chi connectivity index (χ3n) is 2.15. The molecule has 1 aromatic rings. The van der Waals surface area contributed by atoms with Crippen molar-refractivity contribution in [1.82, 2.24) is 0 Å². The maximum Gasteiger partial charge on any atom is 0.296 e. The number of carbonyl (C=O) groups is 1. The van der Waals surface area contributed by atoms with Crippen molar-refractivity contribution in [2.75, 3.05) is 0 Å². The van der Waals surface area contributed by atoms with Crippen molar-refractivity contribution in [1.29, 1.82) is 0 Å². The molecule has 1 unspecified atom stereocenters. The van der Waals surface area contributed by atoms with Crippen LogP contribution in [0, 0.1) is 6.92 Å². The van der Waals surface area contributed by atoms with E-state index in [9.17, 15) is 4.79 Å². The van der Waals surface area contributed by atoms with Crippen molar-refractivity contribution < 1.29 is 9.53 Å². The lowest BCUT2D eigenvalue weighted by Crippen LogP contribution is -2.14. The van der Waals surface area contributed by atoms with Gasteiger partial charge >= 0.3 is 0 Å². The Morgan fingerprint density at radius 2 is 2.14 bits per heavy atom. The number of benzene rings is 1. The minimum absolute atomic E-state index is 0.0525. The van der Waals surface area contributed by atoms with E-state index in [2.05, 4.69) is 4.99 Å². The molecule has 1 atom stereocenters. The zero-order valence-corrected chi connectivity index (χ0v) is 7.73. The molecule has 4 heteroatoms. The molecule has 72 valence electrons. The van der Waals surface area contributed by atoms with Crippen molar-refractivity contribution in [3.63, 3.8) is 0 Å². The average molecular weight is 190 g/mol. The molecule has 0 aliphatic carbocycles. The molecule has 1 aromatic carbocycles. The fourth-order valence-electron chi connectivity index (χ4n) is 1.44.